The zero-order valence-electron chi connectivity index (χ0n) is 12.8. The molecule has 122 valence electrons. The summed E-state index contributed by atoms with van der Waals surface area (Å²) in [7, 11) is -3.28. The van der Waals surface area contributed by atoms with Gasteiger partial charge in [-0.1, -0.05) is 12.1 Å². The number of carbonyl (C=O) groups excluding carboxylic acids is 1. The molecule has 0 aromatic heterocycles. The first kappa shape index (κ1) is 18.2. The smallest absolute Gasteiger partial charge is 0.244 e. The van der Waals surface area contributed by atoms with Crippen molar-refractivity contribution in [2.75, 3.05) is 30.7 Å². The normalized spacial score (nSPS) is 11.5. The second kappa shape index (κ2) is 9.22. The van der Waals surface area contributed by atoms with Crippen molar-refractivity contribution in [3.05, 3.63) is 35.9 Å². The Labute approximate surface area is 131 Å². The lowest BCUT2D eigenvalue weighted by atomic mass is 10.2. The lowest BCUT2D eigenvalue weighted by Crippen LogP contribution is -2.23. The molecule has 0 heterocycles. The Hall–Kier alpha value is -1.86. The fourth-order valence-electron chi connectivity index (χ4n) is 1.64. The molecule has 0 fully saturated rings. The Bertz CT molecular complexity index is 594. The second-order valence-corrected chi connectivity index (χ2v) is 6.42. The van der Waals surface area contributed by atoms with Crippen LogP contribution in [0, 0.1) is 0 Å². The van der Waals surface area contributed by atoms with Gasteiger partial charge in [-0.25, -0.2) is 8.42 Å². The quantitative estimate of drug-likeness (QED) is 0.533. The van der Waals surface area contributed by atoms with Gasteiger partial charge in [0.05, 0.1) is 6.26 Å². The summed E-state index contributed by atoms with van der Waals surface area (Å²) in [5.74, 6) is -0.171. The first-order valence-electron chi connectivity index (χ1n) is 7.02. The minimum atomic E-state index is -3.28. The molecule has 1 amide bonds. The maximum atomic E-state index is 11.6. The summed E-state index contributed by atoms with van der Waals surface area (Å²) in [5.41, 5.74) is 1.29. The van der Waals surface area contributed by atoms with E-state index in [1.807, 2.05) is 6.92 Å². The van der Waals surface area contributed by atoms with Gasteiger partial charge in [0, 0.05) is 31.5 Å². The third-order valence-electron chi connectivity index (χ3n) is 2.61. The molecule has 1 aromatic rings. The molecule has 0 saturated carbocycles. The largest absolute Gasteiger partial charge is 0.382 e. The first-order chi connectivity index (χ1) is 10.4. The van der Waals surface area contributed by atoms with E-state index in [0.29, 0.717) is 25.4 Å². The summed E-state index contributed by atoms with van der Waals surface area (Å²) < 4.78 is 29.7. The SMILES string of the molecule is CCOCCCNC(=O)/C=C/c1ccc(NS(C)(=O)=O)cc1. The Morgan fingerprint density at radius 1 is 1.27 bits per heavy atom. The topological polar surface area (TPSA) is 84.5 Å². The van der Waals surface area contributed by atoms with E-state index in [9.17, 15) is 13.2 Å². The zero-order valence-corrected chi connectivity index (χ0v) is 13.7. The molecule has 22 heavy (non-hydrogen) atoms. The van der Waals surface area contributed by atoms with Crippen molar-refractivity contribution >= 4 is 27.7 Å². The zero-order chi connectivity index (χ0) is 16.4. The van der Waals surface area contributed by atoms with E-state index in [2.05, 4.69) is 10.0 Å². The highest BCUT2D eigenvalue weighted by Crippen LogP contribution is 2.11. The van der Waals surface area contributed by atoms with E-state index < -0.39 is 10.0 Å². The lowest BCUT2D eigenvalue weighted by Gasteiger charge is -2.04. The van der Waals surface area contributed by atoms with Crippen LogP contribution in [0.3, 0.4) is 0 Å². The van der Waals surface area contributed by atoms with E-state index in [0.717, 1.165) is 18.2 Å². The molecule has 0 unspecified atom stereocenters. The maximum absolute atomic E-state index is 11.6. The molecule has 1 aromatic carbocycles. The standard InChI is InChI=1S/C15H22N2O4S/c1-3-21-12-4-11-16-15(18)10-7-13-5-8-14(9-6-13)17-22(2,19)20/h5-10,17H,3-4,11-12H2,1-2H3,(H,16,18)/b10-7+. The number of nitrogens with one attached hydrogen (secondary N) is 2. The van der Waals surface area contributed by atoms with E-state index in [4.69, 9.17) is 4.74 Å². The minimum Gasteiger partial charge on any atom is -0.382 e. The van der Waals surface area contributed by atoms with Crippen molar-refractivity contribution in [2.45, 2.75) is 13.3 Å². The molecule has 0 saturated heterocycles. The number of hydrogen-bond donors (Lipinski definition) is 2. The summed E-state index contributed by atoms with van der Waals surface area (Å²) >= 11 is 0. The van der Waals surface area contributed by atoms with Gasteiger partial charge in [-0.2, -0.15) is 0 Å². The summed E-state index contributed by atoms with van der Waals surface area (Å²) in [6.45, 7) is 3.81. The van der Waals surface area contributed by atoms with Crippen LogP contribution in [0.5, 0.6) is 0 Å². The number of benzene rings is 1. The number of amides is 1. The Morgan fingerprint density at radius 2 is 1.95 bits per heavy atom. The molecule has 0 bridgehead atoms. The number of anilines is 1. The highest BCUT2D eigenvalue weighted by Gasteiger charge is 2.01. The predicted molar refractivity (Wildman–Crippen MR) is 88.1 cm³/mol. The second-order valence-electron chi connectivity index (χ2n) is 4.67. The molecule has 0 aliphatic rings. The molecule has 6 nitrogen and oxygen atoms in total. The van der Waals surface area contributed by atoms with Crippen LogP contribution in [0.15, 0.2) is 30.3 Å². The van der Waals surface area contributed by atoms with Gasteiger partial charge in [-0.05, 0) is 37.1 Å². The van der Waals surface area contributed by atoms with Gasteiger partial charge >= 0.3 is 0 Å². The van der Waals surface area contributed by atoms with Gasteiger partial charge in [-0.15, -0.1) is 0 Å². The van der Waals surface area contributed by atoms with E-state index in [-0.39, 0.29) is 5.91 Å². The Morgan fingerprint density at radius 3 is 2.55 bits per heavy atom. The summed E-state index contributed by atoms with van der Waals surface area (Å²) in [4.78, 5) is 11.6. The van der Waals surface area contributed by atoms with Crippen LogP contribution in [0.1, 0.15) is 18.9 Å². The molecule has 0 aliphatic heterocycles. The van der Waals surface area contributed by atoms with Gasteiger partial charge in [0.1, 0.15) is 0 Å². The van der Waals surface area contributed by atoms with Gasteiger partial charge in [-0.3, -0.25) is 9.52 Å². The van der Waals surface area contributed by atoms with E-state index >= 15 is 0 Å². The third-order valence-corrected chi connectivity index (χ3v) is 3.22. The average Bonchev–Trinajstić information content (AvgIpc) is 2.45. The highest BCUT2D eigenvalue weighted by molar-refractivity contribution is 7.92. The molecule has 0 atom stereocenters. The molecular formula is C15H22N2O4S. The fourth-order valence-corrected chi connectivity index (χ4v) is 2.20. The number of hydrogen-bond acceptors (Lipinski definition) is 4. The molecular weight excluding hydrogens is 304 g/mol. The van der Waals surface area contributed by atoms with Gasteiger partial charge in [0.2, 0.25) is 15.9 Å². The van der Waals surface area contributed by atoms with Crippen molar-refractivity contribution in [3.63, 3.8) is 0 Å². The van der Waals surface area contributed by atoms with Crippen LogP contribution in [0.2, 0.25) is 0 Å². The van der Waals surface area contributed by atoms with Gasteiger partial charge < -0.3 is 10.1 Å². The van der Waals surface area contributed by atoms with E-state index in [1.54, 1.807) is 30.3 Å². The van der Waals surface area contributed by atoms with Crippen molar-refractivity contribution in [1.29, 1.82) is 0 Å². The number of carbonyl (C=O) groups is 1. The van der Waals surface area contributed by atoms with E-state index in [1.165, 1.54) is 6.08 Å². The monoisotopic (exact) mass is 326 g/mol. The predicted octanol–water partition coefficient (Wildman–Crippen LogP) is 1.61. The number of ether oxygens (including phenoxy) is 1. The summed E-state index contributed by atoms with van der Waals surface area (Å²) in [6.07, 6.45) is 4.98. The van der Waals surface area contributed by atoms with Crippen molar-refractivity contribution in [2.24, 2.45) is 0 Å². The summed E-state index contributed by atoms with van der Waals surface area (Å²) in [6, 6.07) is 6.74. The van der Waals surface area contributed by atoms with Crippen molar-refractivity contribution < 1.29 is 17.9 Å². The number of sulfonamides is 1. The molecule has 0 aliphatic carbocycles. The van der Waals surface area contributed by atoms with Crippen LogP contribution >= 0.6 is 0 Å². The number of rotatable bonds is 9. The Balaban J connectivity index is 2.41. The molecule has 0 radical (unpaired) electrons. The average molecular weight is 326 g/mol. The molecule has 1 rings (SSSR count). The maximum Gasteiger partial charge on any atom is 0.244 e. The van der Waals surface area contributed by atoms with Crippen molar-refractivity contribution in [3.8, 4) is 0 Å². The van der Waals surface area contributed by atoms with Crippen LogP contribution in [-0.2, 0) is 19.6 Å². The van der Waals surface area contributed by atoms with Crippen molar-refractivity contribution in [1.82, 2.24) is 5.32 Å². The molecule has 0 spiro atoms. The van der Waals surface area contributed by atoms with Gasteiger partial charge in [0.25, 0.3) is 0 Å². The molecule has 7 heteroatoms. The first-order valence-corrected chi connectivity index (χ1v) is 8.91. The fraction of sp³-hybridized carbons (Fsp3) is 0.400. The highest BCUT2D eigenvalue weighted by atomic mass is 32.2. The molecule has 2 N–H and O–H groups in total. The van der Waals surface area contributed by atoms with Crippen LogP contribution in [0.4, 0.5) is 5.69 Å². The Kier molecular flexibility index (Phi) is 7.62. The van der Waals surface area contributed by atoms with Crippen LogP contribution in [0.25, 0.3) is 6.08 Å². The minimum absolute atomic E-state index is 0.171. The summed E-state index contributed by atoms with van der Waals surface area (Å²) in [5, 5.41) is 2.76. The van der Waals surface area contributed by atoms with Crippen LogP contribution in [-0.4, -0.2) is 40.3 Å². The lowest BCUT2D eigenvalue weighted by molar-refractivity contribution is -0.116. The van der Waals surface area contributed by atoms with Crippen LogP contribution < -0.4 is 10.0 Å². The third kappa shape index (κ3) is 8.43. The van der Waals surface area contributed by atoms with Gasteiger partial charge in [0.15, 0.2) is 0 Å².